The molecule has 1 unspecified atom stereocenters. The van der Waals surface area contributed by atoms with Gasteiger partial charge in [-0.15, -0.1) is 0 Å². The van der Waals surface area contributed by atoms with Crippen LogP contribution >= 0.6 is 0 Å². The molecule has 1 saturated heterocycles. The summed E-state index contributed by atoms with van der Waals surface area (Å²) >= 11 is 0. The zero-order valence-electron chi connectivity index (χ0n) is 15.0. The van der Waals surface area contributed by atoms with Gasteiger partial charge in [0.05, 0.1) is 0 Å². The smallest absolute Gasteiger partial charge is 0.244 e. The lowest BCUT2D eigenvalue weighted by molar-refractivity contribution is -0.135. The molecule has 1 aliphatic heterocycles. The van der Waals surface area contributed by atoms with E-state index < -0.39 is 6.04 Å². The molecule has 3 N–H and O–H groups in total. The van der Waals surface area contributed by atoms with Crippen LogP contribution in [0.5, 0.6) is 0 Å². The summed E-state index contributed by atoms with van der Waals surface area (Å²) < 4.78 is 0. The van der Waals surface area contributed by atoms with Crippen LogP contribution in [0.2, 0.25) is 0 Å². The van der Waals surface area contributed by atoms with E-state index in [1.54, 1.807) is 4.90 Å². The molecule has 2 aromatic carbocycles. The zero-order chi connectivity index (χ0) is 18.5. The Bertz CT molecular complexity index is 751. The van der Waals surface area contributed by atoms with Crippen molar-refractivity contribution in [1.82, 2.24) is 4.90 Å². The van der Waals surface area contributed by atoms with Crippen molar-refractivity contribution in [3.8, 4) is 0 Å². The van der Waals surface area contributed by atoms with Crippen molar-refractivity contribution in [3.63, 3.8) is 0 Å². The summed E-state index contributed by atoms with van der Waals surface area (Å²) in [4.78, 5) is 26.8. The van der Waals surface area contributed by atoms with Crippen molar-refractivity contribution in [1.29, 1.82) is 0 Å². The second-order valence-electron chi connectivity index (χ2n) is 6.84. The van der Waals surface area contributed by atoms with Gasteiger partial charge in [0.15, 0.2) is 0 Å². The molecule has 2 aromatic rings. The highest BCUT2D eigenvalue weighted by molar-refractivity contribution is 5.92. The SMILES string of the molecule is Cc1ccc(C(N)C(=O)N2CCC(C(=O)Nc3ccccc3)CC2)cc1. The first-order chi connectivity index (χ1) is 12.5. The Morgan fingerprint density at radius 1 is 1.04 bits per heavy atom. The van der Waals surface area contributed by atoms with Crippen LogP contribution in [-0.2, 0) is 9.59 Å². The van der Waals surface area contributed by atoms with Crippen LogP contribution in [0.25, 0.3) is 0 Å². The van der Waals surface area contributed by atoms with Gasteiger partial charge >= 0.3 is 0 Å². The summed E-state index contributed by atoms with van der Waals surface area (Å²) in [7, 11) is 0. The number of carbonyl (C=O) groups is 2. The predicted octanol–water partition coefficient (Wildman–Crippen LogP) is 2.87. The van der Waals surface area contributed by atoms with E-state index in [0.717, 1.165) is 16.8 Å². The Morgan fingerprint density at radius 3 is 2.27 bits per heavy atom. The fourth-order valence-electron chi connectivity index (χ4n) is 3.24. The molecule has 0 radical (unpaired) electrons. The lowest BCUT2D eigenvalue weighted by atomic mass is 9.94. The Labute approximate surface area is 154 Å². The van der Waals surface area contributed by atoms with E-state index >= 15 is 0 Å². The fraction of sp³-hybridized carbons (Fsp3) is 0.333. The maximum Gasteiger partial charge on any atom is 0.244 e. The number of anilines is 1. The lowest BCUT2D eigenvalue weighted by Crippen LogP contribution is -2.45. The van der Waals surface area contributed by atoms with Crippen LogP contribution in [0.15, 0.2) is 54.6 Å². The molecule has 3 rings (SSSR count). The number of benzene rings is 2. The number of carbonyl (C=O) groups excluding carboxylic acids is 2. The van der Waals surface area contributed by atoms with Gasteiger partial charge in [0, 0.05) is 24.7 Å². The third kappa shape index (κ3) is 4.29. The molecule has 0 aliphatic carbocycles. The summed E-state index contributed by atoms with van der Waals surface area (Å²) in [6.07, 6.45) is 1.32. The second-order valence-corrected chi connectivity index (χ2v) is 6.84. The Kier molecular flexibility index (Phi) is 5.68. The average Bonchev–Trinajstić information content (AvgIpc) is 2.68. The number of rotatable bonds is 4. The minimum Gasteiger partial charge on any atom is -0.341 e. The van der Waals surface area contributed by atoms with E-state index in [0.29, 0.717) is 25.9 Å². The summed E-state index contributed by atoms with van der Waals surface area (Å²) in [6.45, 7) is 3.12. The predicted molar refractivity (Wildman–Crippen MR) is 102 cm³/mol. The number of nitrogens with two attached hydrogens (primary N) is 1. The summed E-state index contributed by atoms with van der Waals surface area (Å²) in [5, 5.41) is 2.94. The van der Waals surface area contributed by atoms with Crippen LogP contribution in [0, 0.1) is 12.8 Å². The first-order valence-electron chi connectivity index (χ1n) is 9.01. The van der Waals surface area contributed by atoms with Gasteiger partial charge < -0.3 is 16.0 Å². The van der Waals surface area contributed by atoms with Gasteiger partial charge in [0.1, 0.15) is 6.04 Å². The van der Waals surface area contributed by atoms with Crippen molar-refractivity contribution < 1.29 is 9.59 Å². The molecule has 0 saturated carbocycles. The Hall–Kier alpha value is -2.66. The molecule has 5 heteroatoms. The number of para-hydroxylation sites is 1. The molecule has 1 atom stereocenters. The normalized spacial score (nSPS) is 16.2. The topological polar surface area (TPSA) is 75.4 Å². The van der Waals surface area contributed by atoms with E-state index in [2.05, 4.69) is 5.32 Å². The number of hydrogen-bond donors (Lipinski definition) is 2. The molecule has 1 fully saturated rings. The van der Waals surface area contributed by atoms with E-state index in [4.69, 9.17) is 5.73 Å². The summed E-state index contributed by atoms with van der Waals surface area (Å²) in [6, 6.07) is 16.5. The van der Waals surface area contributed by atoms with Crippen LogP contribution in [0.3, 0.4) is 0 Å². The average molecular weight is 351 g/mol. The van der Waals surface area contributed by atoms with Gasteiger partial charge in [-0.2, -0.15) is 0 Å². The van der Waals surface area contributed by atoms with Gasteiger partial charge in [-0.25, -0.2) is 0 Å². The first-order valence-corrected chi connectivity index (χ1v) is 9.01. The summed E-state index contributed by atoms with van der Waals surface area (Å²) in [5.41, 5.74) is 8.91. The largest absolute Gasteiger partial charge is 0.341 e. The molecule has 0 bridgehead atoms. The first kappa shape index (κ1) is 18.1. The minimum absolute atomic E-state index is 0.0196. The van der Waals surface area contributed by atoms with Crippen LogP contribution in [-0.4, -0.2) is 29.8 Å². The van der Waals surface area contributed by atoms with Crippen molar-refractivity contribution in [2.45, 2.75) is 25.8 Å². The monoisotopic (exact) mass is 351 g/mol. The molecule has 0 aromatic heterocycles. The van der Waals surface area contributed by atoms with Gasteiger partial charge in [0.25, 0.3) is 0 Å². The van der Waals surface area contributed by atoms with E-state index in [9.17, 15) is 9.59 Å². The Morgan fingerprint density at radius 2 is 1.65 bits per heavy atom. The van der Waals surface area contributed by atoms with Crippen molar-refractivity contribution in [3.05, 3.63) is 65.7 Å². The molecule has 5 nitrogen and oxygen atoms in total. The number of aryl methyl sites for hydroxylation is 1. The number of nitrogens with zero attached hydrogens (tertiary/aromatic N) is 1. The van der Waals surface area contributed by atoms with Gasteiger partial charge in [-0.1, -0.05) is 48.0 Å². The zero-order valence-corrected chi connectivity index (χ0v) is 15.0. The highest BCUT2D eigenvalue weighted by atomic mass is 16.2. The van der Waals surface area contributed by atoms with Crippen LogP contribution in [0.1, 0.15) is 30.0 Å². The summed E-state index contributed by atoms with van der Waals surface area (Å²) in [5.74, 6) is -0.128. The molecule has 26 heavy (non-hydrogen) atoms. The van der Waals surface area contributed by atoms with Crippen molar-refractivity contribution in [2.24, 2.45) is 11.7 Å². The quantitative estimate of drug-likeness (QED) is 0.889. The highest BCUT2D eigenvalue weighted by Crippen LogP contribution is 2.22. The van der Waals surface area contributed by atoms with Gasteiger partial charge in [0.2, 0.25) is 11.8 Å². The molecule has 136 valence electrons. The fourth-order valence-corrected chi connectivity index (χ4v) is 3.24. The third-order valence-electron chi connectivity index (χ3n) is 4.92. The third-order valence-corrected chi connectivity index (χ3v) is 4.92. The van der Waals surface area contributed by atoms with Gasteiger partial charge in [-0.3, -0.25) is 9.59 Å². The lowest BCUT2D eigenvalue weighted by Gasteiger charge is -2.33. The van der Waals surface area contributed by atoms with E-state index in [-0.39, 0.29) is 17.7 Å². The molecule has 2 amide bonds. The van der Waals surface area contributed by atoms with Crippen LogP contribution < -0.4 is 11.1 Å². The van der Waals surface area contributed by atoms with E-state index in [1.807, 2.05) is 61.5 Å². The van der Waals surface area contributed by atoms with Crippen molar-refractivity contribution >= 4 is 17.5 Å². The molecule has 1 aliphatic rings. The van der Waals surface area contributed by atoms with Crippen molar-refractivity contribution in [2.75, 3.05) is 18.4 Å². The number of likely N-dealkylation sites (tertiary alicyclic amines) is 1. The van der Waals surface area contributed by atoms with Crippen LogP contribution in [0.4, 0.5) is 5.69 Å². The molecular formula is C21H25N3O2. The Balaban J connectivity index is 1.53. The second kappa shape index (κ2) is 8.15. The maximum absolute atomic E-state index is 12.7. The van der Waals surface area contributed by atoms with E-state index in [1.165, 1.54) is 0 Å². The molecule has 1 heterocycles. The highest BCUT2D eigenvalue weighted by Gasteiger charge is 2.30. The molecule has 0 spiro atoms. The number of nitrogens with one attached hydrogen (secondary N) is 1. The maximum atomic E-state index is 12.7. The number of amides is 2. The molecular weight excluding hydrogens is 326 g/mol. The number of piperidine rings is 1. The standard InChI is InChI=1S/C21H25N3O2/c1-15-7-9-16(10-8-15)19(22)21(26)24-13-11-17(12-14-24)20(25)23-18-5-3-2-4-6-18/h2-10,17,19H,11-14,22H2,1H3,(H,23,25). The number of hydrogen-bond acceptors (Lipinski definition) is 3. The minimum atomic E-state index is -0.648. The van der Waals surface area contributed by atoms with Gasteiger partial charge in [-0.05, 0) is 37.5 Å².